The molecule has 2 aromatic carbocycles. The fraction of sp³-hybridized carbons (Fsp3) is 0.158. The van der Waals surface area contributed by atoms with Gasteiger partial charge in [0.25, 0.3) is 0 Å². The van der Waals surface area contributed by atoms with Crippen molar-refractivity contribution in [2.45, 2.75) is 24.8 Å². The molecule has 0 saturated carbocycles. The van der Waals surface area contributed by atoms with Crippen molar-refractivity contribution >= 4 is 11.8 Å². The Labute approximate surface area is 155 Å². The van der Waals surface area contributed by atoms with Gasteiger partial charge in [-0.05, 0) is 19.4 Å². The van der Waals surface area contributed by atoms with E-state index in [1.807, 2.05) is 43.3 Å². The molecule has 0 fully saturated rings. The maximum Gasteiger partial charge on any atom is 0.237 e. The predicted octanol–water partition coefficient (Wildman–Crippen LogP) is 4.43. The Morgan fingerprint density at radius 2 is 1.81 bits per heavy atom. The molecule has 0 bridgehead atoms. The number of aryl methyl sites for hydroxylation is 2. The van der Waals surface area contributed by atoms with Gasteiger partial charge in [-0.3, -0.25) is 5.10 Å². The lowest BCUT2D eigenvalue weighted by Gasteiger charge is -1.97. The maximum atomic E-state index is 5.35. The van der Waals surface area contributed by atoms with E-state index >= 15 is 0 Å². The number of aromatic amines is 1. The molecule has 0 radical (unpaired) electrons. The smallest absolute Gasteiger partial charge is 0.237 e. The number of aromatic nitrogens is 5. The summed E-state index contributed by atoms with van der Waals surface area (Å²) in [5.74, 6) is 2.42. The summed E-state index contributed by atoms with van der Waals surface area (Å²) in [6.07, 6.45) is 0. The number of benzene rings is 2. The first-order chi connectivity index (χ1) is 12.7. The van der Waals surface area contributed by atoms with E-state index in [4.69, 9.17) is 4.52 Å². The molecule has 4 rings (SSSR count). The molecule has 2 heterocycles. The summed E-state index contributed by atoms with van der Waals surface area (Å²) in [6, 6.07) is 16.1. The third-order valence-corrected chi connectivity index (χ3v) is 4.80. The first-order valence-corrected chi connectivity index (χ1v) is 9.18. The van der Waals surface area contributed by atoms with Gasteiger partial charge in [-0.15, -0.1) is 5.10 Å². The van der Waals surface area contributed by atoms with Crippen molar-refractivity contribution in [3.05, 3.63) is 65.5 Å². The van der Waals surface area contributed by atoms with E-state index < -0.39 is 0 Å². The number of H-pyrrole nitrogens is 1. The molecule has 4 aromatic rings. The summed E-state index contributed by atoms with van der Waals surface area (Å²) in [4.78, 5) is 8.98. The first-order valence-electron chi connectivity index (χ1n) is 8.20. The lowest BCUT2D eigenvalue weighted by atomic mass is 10.1. The minimum Gasteiger partial charge on any atom is -0.338 e. The standard InChI is InChI=1S/C19H17N5OS/c1-12-7-9-14(10-8-12)17-21-19(23-22-17)26-11-16-20-18(24-25-16)15-6-4-3-5-13(15)2/h3-10H,11H2,1-2H3,(H,21,22,23). The number of thioether (sulfide) groups is 1. The van der Waals surface area contributed by atoms with Crippen molar-refractivity contribution in [1.29, 1.82) is 0 Å². The molecule has 0 aliphatic heterocycles. The Morgan fingerprint density at radius 3 is 2.62 bits per heavy atom. The Bertz CT molecular complexity index is 1020. The third kappa shape index (κ3) is 3.52. The van der Waals surface area contributed by atoms with Gasteiger partial charge in [0.2, 0.25) is 16.9 Å². The van der Waals surface area contributed by atoms with E-state index in [9.17, 15) is 0 Å². The summed E-state index contributed by atoms with van der Waals surface area (Å²) in [5, 5.41) is 11.9. The summed E-state index contributed by atoms with van der Waals surface area (Å²) >= 11 is 1.46. The van der Waals surface area contributed by atoms with E-state index in [0.29, 0.717) is 22.6 Å². The maximum absolute atomic E-state index is 5.35. The van der Waals surface area contributed by atoms with Crippen LogP contribution in [0.15, 0.2) is 58.2 Å². The lowest BCUT2D eigenvalue weighted by molar-refractivity contribution is 0.391. The van der Waals surface area contributed by atoms with Gasteiger partial charge in [0.05, 0.1) is 5.75 Å². The summed E-state index contributed by atoms with van der Waals surface area (Å²) in [5.41, 5.74) is 4.31. The molecule has 1 N–H and O–H groups in total. The van der Waals surface area contributed by atoms with Crippen molar-refractivity contribution in [3.63, 3.8) is 0 Å². The zero-order chi connectivity index (χ0) is 17.9. The van der Waals surface area contributed by atoms with Gasteiger partial charge in [0.15, 0.2) is 5.82 Å². The van der Waals surface area contributed by atoms with Gasteiger partial charge in [-0.25, -0.2) is 4.98 Å². The molecule has 6 nitrogen and oxygen atoms in total. The highest BCUT2D eigenvalue weighted by molar-refractivity contribution is 7.98. The number of nitrogens with zero attached hydrogens (tertiary/aromatic N) is 4. The Kier molecular flexibility index (Phi) is 4.53. The fourth-order valence-electron chi connectivity index (χ4n) is 2.52. The van der Waals surface area contributed by atoms with Crippen LogP contribution in [0.1, 0.15) is 17.0 Å². The molecule has 26 heavy (non-hydrogen) atoms. The van der Waals surface area contributed by atoms with E-state index in [0.717, 1.165) is 22.5 Å². The van der Waals surface area contributed by atoms with Crippen LogP contribution in [-0.2, 0) is 5.75 Å². The molecule has 7 heteroatoms. The molecule has 130 valence electrons. The van der Waals surface area contributed by atoms with Crippen molar-refractivity contribution in [2.24, 2.45) is 0 Å². The average molecular weight is 363 g/mol. The van der Waals surface area contributed by atoms with Crippen LogP contribution >= 0.6 is 11.8 Å². The summed E-state index contributed by atoms with van der Waals surface area (Å²) in [7, 11) is 0. The molecule has 0 spiro atoms. The molecule has 0 aliphatic carbocycles. The summed E-state index contributed by atoms with van der Waals surface area (Å²) in [6.45, 7) is 4.08. The number of nitrogens with one attached hydrogen (secondary N) is 1. The second kappa shape index (κ2) is 7.13. The second-order valence-corrected chi connectivity index (χ2v) is 6.89. The molecule has 0 saturated heterocycles. The average Bonchev–Trinajstić information content (AvgIpc) is 3.30. The number of hydrogen-bond acceptors (Lipinski definition) is 6. The van der Waals surface area contributed by atoms with Gasteiger partial charge >= 0.3 is 0 Å². The third-order valence-electron chi connectivity index (χ3n) is 3.97. The number of hydrogen-bond donors (Lipinski definition) is 1. The quantitative estimate of drug-likeness (QED) is 0.528. The van der Waals surface area contributed by atoms with Gasteiger partial charge in [0, 0.05) is 11.1 Å². The van der Waals surface area contributed by atoms with Gasteiger partial charge < -0.3 is 4.52 Å². The van der Waals surface area contributed by atoms with Crippen LogP contribution in [0, 0.1) is 13.8 Å². The lowest BCUT2D eigenvalue weighted by Crippen LogP contribution is -1.86. The van der Waals surface area contributed by atoms with Crippen molar-refractivity contribution in [1.82, 2.24) is 25.3 Å². The molecular formula is C19H17N5OS. The molecule has 0 aliphatic rings. The molecule has 0 unspecified atom stereocenters. The van der Waals surface area contributed by atoms with Crippen molar-refractivity contribution in [3.8, 4) is 22.8 Å². The van der Waals surface area contributed by atoms with E-state index in [1.165, 1.54) is 17.3 Å². The minimum absolute atomic E-state index is 0.518. The fourth-order valence-corrected chi connectivity index (χ4v) is 3.16. The topological polar surface area (TPSA) is 80.5 Å². The van der Waals surface area contributed by atoms with Crippen molar-refractivity contribution < 1.29 is 4.52 Å². The Balaban J connectivity index is 1.44. The highest BCUT2D eigenvalue weighted by atomic mass is 32.2. The van der Waals surface area contributed by atoms with E-state index in [2.05, 4.69) is 44.4 Å². The first kappa shape index (κ1) is 16.5. The molecule has 0 amide bonds. The highest BCUT2D eigenvalue weighted by Gasteiger charge is 2.12. The zero-order valence-electron chi connectivity index (χ0n) is 14.4. The largest absolute Gasteiger partial charge is 0.338 e. The Hall–Kier alpha value is -2.93. The minimum atomic E-state index is 0.518. The second-order valence-electron chi connectivity index (χ2n) is 5.95. The van der Waals surface area contributed by atoms with Crippen LogP contribution in [0.4, 0.5) is 0 Å². The molecule has 2 aromatic heterocycles. The van der Waals surface area contributed by atoms with Crippen LogP contribution in [0.2, 0.25) is 0 Å². The Morgan fingerprint density at radius 1 is 1.00 bits per heavy atom. The van der Waals surface area contributed by atoms with Gasteiger partial charge in [-0.2, -0.15) is 4.98 Å². The van der Waals surface area contributed by atoms with E-state index in [1.54, 1.807) is 0 Å². The van der Waals surface area contributed by atoms with Crippen LogP contribution in [-0.4, -0.2) is 25.3 Å². The predicted molar refractivity (Wildman–Crippen MR) is 101 cm³/mol. The SMILES string of the molecule is Cc1ccc(-c2nc(SCc3nc(-c4ccccc4C)no3)n[nH]2)cc1. The summed E-state index contributed by atoms with van der Waals surface area (Å²) < 4.78 is 5.35. The van der Waals surface area contributed by atoms with Crippen LogP contribution < -0.4 is 0 Å². The van der Waals surface area contributed by atoms with Crippen LogP contribution in [0.25, 0.3) is 22.8 Å². The van der Waals surface area contributed by atoms with Crippen molar-refractivity contribution in [2.75, 3.05) is 0 Å². The van der Waals surface area contributed by atoms with Crippen LogP contribution in [0.5, 0.6) is 0 Å². The number of rotatable bonds is 5. The normalized spacial score (nSPS) is 11.0. The molecule has 0 atom stereocenters. The zero-order valence-corrected chi connectivity index (χ0v) is 15.2. The van der Waals surface area contributed by atoms with E-state index in [-0.39, 0.29) is 0 Å². The van der Waals surface area contributed by atoms with Crippen LogP contribution in [0.3, 0.4) is 0 Å². The van der Waals surface area contributed by atoms with Gasteiger partial charge in [0.1, 0.15) is 0 Å². The monoisotopic (exact) mass is 363 g/mol. The van der Waals surface area contributed by atoms with Gasteiger partial charge in [-0.1, -0.05) is 71.0 Å². The molecular weight excluding hydrogens is 346 g/mol. The highest BCUT2D eigenvalue weighted by Crippen LogP contribution is 2.24.